The molecule has 1 fully saturated rings. The summed E-state index contributed by atoms with van der Waals surface area (Å²) in [6.07, 6.45) is 5.04. The van der Waals surface area contributed by atoms with Crippen LogP contribution in [0.2, 0.25) is 0 Å². The predicted octanol–water partition coefficient (Wildman–Crippen LogP) is 1.37. The summed E-state index contributed by atoms with van der Waals surface area (Å²) in [5.74, 6) is -0.351. The van der Waals surface area contributed by atoms with Crippen LogP contribution in [-0.4, -0.2) is 30.1 Å². The molecule has 0 atom stereocenters. The van der Waals surface area contributed by atoms with Crippen molar-refractivity contribution in [2.24, 2.45) is 0 Å². The van der Waals surface area contributed by atoms with Gasteiger partial charge in [0.15, 0.2) is 0 Å². The number of hydrogen-bond donors (Lipinski definition) is 2. The third kappa shape index (κ3) is 3.92. The van der Waals surface area contributed by atoms with E-state index < -0.39 is 0 Å². The van der Waals surface area contributed by atoms with Gasteiger partial charge in [-0.25, -0.2) is 0 Å². The van der Waals surface area contributed by atoms with Crippen molar-refractivity contribution >= 4 is 5.91 Å². The molecule has 0 aliphatic heterocycles. The zero-order valence-electron chi connectivity index (χ0n) is 11.2. The van der Waals surface area contributed by atoms with Crippen LogP contribution in [-0.2, 0) is 4.74 Å². The second kappa shape index (κ2) is 6.52. The molecule has 0 bridgehead atoms. The highest BCUT2D eigenvalue weighted by Crippen LogP contribution is 2.20. The van der Waals surface area contributed by atoms with Crippen LogP contribution in [0.1, 0.15) is 41.7 Å². The number of carbonyl (C=O) groups is 1. The van der Waals surface area contributed by atoms with Crippen molar-refractivity contribution in [3.05, 3.63) is 33.7 Å². The van der Waals surface area contributed by atoms with Gasteiger partial charge in [-0.15, -0.1) is 0 Å². The lowest BCUT2D eigenvalue weighted by Crippen LogP contribution is -2.32. The van der Waals surface area contributed by atoms with E-state index in [2.05, 4.69) is 10.3 Å². The fraction of sp³-hybridized carbons (Fsp3) is 0.571. The highest BCUT2D eigenvalue weighted by atomic mass is 16.5. The Hall–Kier alpha value is -1.62. The number of aromatic nitrogens is 1. The summed E-state index contributed by atoms with van der Waals surface area (Å²) < 4.78 is 5.64. The molecule has 2 N–H and O–H groups in total. The maximum Gasteiger partial charge on any atom is 0.260 e. The molecule has 1 aliphatic rings. The van der Waals surface area contributed by atoms with Crippen LogP contribution in [0.5, 0.6) is 0 Å². The number of H-pyrrole nitrogens is 1. The topological polar surface area (TPSA) is 71.2 Å². The predicted molar refractivity (Wildman–Crippen MR) is 72.3 cm³/mol. The Balaban J connectivity index is 1.76. The van der Waals surface area contributed by atoms with Gasteiger partial charge in [0.05, 0.1) is 12.7 Å². The van der Waals surface area contributed by atoms with Gasteiger partial charge in [0, 0.05) is 12.2 Å². The van der Waals surface area contributed by atoms with E-state index >= 15 is 0 Å². The average molecular weight is 264 g/mol. The molecule has 5 heteroatoms. The van der Waals surface area contributed by atoms with Gasteiger partial charge in [-0.05, 0) is 31.9 Å². The lowest BCUT2D eigenvalue weighted by molar-refractivity contribution is 0.0581. The normalized spacial score (nSPS) is 15.6. The van der Waals surface area contributed by atoms with Gasteiger partial charge in [-0.1, -0.05) is 12.8 Å². The van der Waals surface area contributed by atoms with E-state index in [1.54, 1.807) is 19.1 Å². The fourth-order valence-corrected chi connectivity index (χ4v) is 2.29. The summed E-state index contributed by atoms with van der Waals surface area (Å²) in [7, 11) is 0. The quantitative estimate of drug-likeness (QED) is 0.789. The lowest BCUT2D eigenvalue weighted by atomic mass is 10.2. The van der Waals surface area contributed by atoms with Gasteiger partial charge in [0.2, 0.25) is 0 Å². The van der Waals surface area contributed by atoms with Crippen LogP contribution in [0.3, 0.4) is 0 Å². The van der Waals surface area contributed by atoms with E-state index in [9.17, 15) is 9.59 Å². The Kier molecular flexibility index (Phi) is 4.74. The average Bonchev–Trinajstić information content (AvgIpc) is 2.87. The maximum atomic E-state index is 11.8. The van der Waals surface area contributed by atoms with E-state index in [4.69, 9.17) is 4.74 Å². The van der Waals surface area contributed by atoms with Crippen molar-refractivity contribution in [3.63, 3.8) is 0 Å². The second-order valence-corrected chi connectivity index (χ2v) is 4.92. The molecular weight excluding hydrogens is 244 g/mol. The number of aryl methyl sites for hydroxylation is 1. The summed E-state index contributed by atoms with van der Waals surface area (Å²) in [6, 6.07) is 3.26. The smallest absolute Gasteiger partial charge is 0.260 e. The number of nitrogens with one attached hydrogen (secondary N) is 2. The molecule has 1 aromatic rings. The van der Waals surface area contributed by atoms with Crippen molar-refractivity contribution in [2.45, 2.75) is 38.7 Å². The number of carbonyl (C=O) groups excluding carboxylic acids is 1. The number of aromatic amines is 1. The molecular formula is C14H20N2O3. The summed E-state index contributed by atoms with van der Waals surface area (Å²) in [4.78, 5) is 26.0. The van der Waals surface area contributed by atoms with E-state index in [1.807, 2.05) is 0 Å². The number of hydrogen-bond acceptors (Lipinski definition) is 3. The molecule has 0 aromatic carbocycles. The minimum Gasteiger partial charge on any atom is -0.376 e. The highest BCUT2D eigenvalue weighted by Gasteiger charge is 2.15. The Morgan fingerprint density at radius 3 is 2.84 bits per heavy atom. The third-order valence-corrected chi connectivity index (χ3v) is 3.34. The largest absolute Gasteiger partial charge is 0.376 e. The molecule has 0 spiro atoms. The third-order valence-electron chi connectivity index (χ3n) is 3.34. The van der Waals surface area contributed by atoms with Crippen molar-refractivity contribution in [1.29, 1.82) is 0 Å². The molecule has 1 saturated carbocycles. The second-order valence-electron chi connectivity index (χ2n) is 4.92. The van der Waals surface area contributed by atoms with Gasteiger partial charge in [-0.2, -0.15) is 0 Å². The van der Waals surface area contributed by atoms with Gasteiger partial charge in [0.1, 0.15) is 5.56 Å². The van der Waals surface area contributed by atoms with Gasteiger partial charge in [-0.3, -0.25) is 9.59 Å². The fourth-order valence-electron chi connectivity index (χ4n) is 2.29. The van der Waals surface area contributed by atoms with E-state index in [1.165, 1.54) is 12.8 Å². The van der Waals surface area contributed by atoms with E-state index in [0.717, 1.165) is 18.5 Å². The van der Waals surface area contributed by atoms with Crippen LogP contribution < -0.4 is 10.9 Å². The Morgan fingerprint density at radius 2 is 2.16 bits per heavy atom. The molecule has 1 heterocycles. The first kappa shape index (κ1) is 13.8. The Labute approximate surface area is 112 Å². The zero-order valence-corrected chi connectivity index (χ0v) is 11.2. The molecule has 5 nitrogen and oxygen atoms in total. The van der Waals surface area contributed by atoms with E-state index in [-0.39, 0.29) is 17.0 Å². The number of amides is 1. The summed E-state index contributed by atoms with van der Waals surface area (Å²) in [5.41, 5.74) is 0.534. The van der Waals surface area contributed by atoms with E-state index in [0.29, 0.717) is 19.3 Å². The lowest BCUT2D eigenvalue weighted by Gasteiger charge is -2.11. The molecule has 0 saturated heterocycles. The van der Waals surface area contributed by atoms with Crippen LogP contribution in [0, 0.1) is 6.92 Å². The van der Waals surface area contributed by atoms with Gasteiger partial charge >= 0.3 is 0 Å². The first-order chi connectivity index (χ1) is 9.16. The Bertz CT molecular complexity index is 490. The molecule has 1 amide bonds. The minimum absolute atomic E-state index is 0.145. The van der Waals surface area contributed by atoms with Crippen LogP contribution in [0.15, 0.2) is 16.9 Å². The monoisotopic (exact) mass is 264 g/mol. The van der Waals surface area contributed by atoms with Crippen LogP contribution in [0.4, 0.5) is 0 Å². The van der Waals surface area contributed by atoms with Crippen LogP contribution >= 0.6 is 0 Å². The first-order valence-corrected chi connectivity index (χ1v) is 6.76. The van der Waals surface area contributed by atoms with Crippen molar-refractivity contribution in [3.8, 4) is 0 Å². The molecule has 19 heavy (non-hydrogen) atoms. The van der Waals surface area contributed by atoms with Gasteiger partial charge < -0.3 is 15.0 Å². The molecule has 1 aromatic heterocycles. The summed E-state index contributed by atoms with van der Waals surface area (Å²) in [5, 5.41) is 2.70. The Morgan fingerprint density at radius 1 is 1.42 bits per heavy atom. The highest BCUT2D eigenvalue weighted by molar-refractivity contribution is 5.93. The molecule has 104 valence electrons. The standard InChI is InChI=1S/C14H20N2O3/c1-10-6-7-12(14(18)16-10)13(17)15-8-9-19-11-4-2-3-5-11/h6-7,11H,2-5,8-9H2,1H3,(H,15,17)(H,16,18). The van der Waals surface area contributed by atoms with Crippen LogP contribution in [0.25, 0.3) is 0 Å². The first-order valence-electron chi connectivity index (χ1n) is 6.76. The molecule has 0 radical (unpaired) electrons. The molecule has 0 unspecified atom stereocenters. The van der Waals surface area contributed by atoms with Crippen molar-refractivity contribution in [1.82, 2.24) is 10.3 Å². The van der Waals surface area contributed by atoms with Crippen molar-refractivity contribution in [2.75, 3.05) is 13.2 Å². The minimum atomic E-state index is -0.353. The number of ether oxygens (including phenoxy) is 1. The molecule has 1 aliphatic carbocycles. The number of rotatable bonds is 5. The SMILES string of the molecule is Cc1ccc(C(=O)NCCOC2CCCC2)c(=O)[nH]1. The maximum absolute atomic E-state index is 11.8. The zero-order chi connectivity index (χ0) is 13.7. The summed E-state index contributed by atoms with van der Waals surface area (Å²) >= 11 is 0. The van der Waals surface area contributed by atoms with Gasteiger partial charge in [0.25, 0.3) is 11.5 Å². The molecule has 2 rings (SSSR count). The number of pyridine rings is 1. The van der Waals surface area contributed by atoms with Crippen molar-refractivity contribution < 1.29 is 9.53 Å². The summed E-state index contributed by atoms with van der Waals surface area (Å²) in [6.45, 7) is 2.71.